The smallest absolute Gasteiger partial charge is 0.319 e. The number of amides is 3. The maximum atomic E-state index is 12.1. The van der Waals surface area contributed by atoms with E-state index in [1.807, 2.05) is 13.8 Å². The predicted octanol–water partition coefficient (Wildman–Crippen LogP) is 2.06. The van der Waals surface area contributed by atoms with Gasteiger partial charge in [0.05, 0.1) is 5.41 Å². The standard InChI is InChI=1S/C16H23N3O4/c1-10(2)18-15(23)19-12-7-5-6-11(8-12)13(20)17-9-16(3,4)14(21)22/h5-8,10H,9H2,1-4H3,(H,17,20)(H,21,22)(H2,18,19,23). The van der Waals surface area contributed by atoms with Crippen LogP contribution in [-0.2, 0) is 4.79 Å². The lowest BCUT2D eigenvalue weighted by atomic mass is 9.94. The van der Waals surface area contributed by atoms with Crippen LogP contribution >= 0.6 is 0 Å². The van der Waals surface area contributed by atoms with E-state index >= 15 is 0 Å². The topological polar surface area (TPSA) is 108 Å². The summed E-state index contributed by atoms with van der Waals surface area (Å²) in [7, 11) is 0. The Balaban J connectivity index is 2.70. The first-order valence-electron chi connectivity index (χ1n) is 7.31. The maximum Gasteiger partial charge on any atom is 0.319 e. The summed E-state index contributed by atoms with van der Waals surface area (Å²) in [5.74, 6) is -1.38. The fourth-order valence-corrected chi connectivity index (χ4v) is 1.65. The number of hydrogen-bond acceptors (Lipinski definition) is 3. The highest BCUT2D eigenvalue weighted by molar-refractivity contribution is 5.97. The van der Waals surface area contributed by atoms with Crippen molar-refractivity contribution >= 4 is 23.6 Å². The minimum Gasteiger partial charge on any atom is -0.481 e. The van der Waals surface area contributed by atoms with Gasteiger partial charge in [-0.25, -0.2) is 4.79 Å². The summed E-state index contributed by atoms with van der Waals surface area (Å²) in [5, 5.41) is 16.9. The van der Waals surface area contributed by atoms with Gasteiger partial charge in [0.25, 0.3) is 5.91 Å². The van der Waals surface area contributed by atoms with Crippen LogP contribution in [0.25, 0.3) is 0 Å². The van der Waals surface area contributed by atoms with Crippen LogP contribution in [0.5, 0.6) is 0 Å². The highest BCUT2D eigenvalue weighted by Gasteiger charge is 2.27. The van der Waals surface area contributed by atoms with Crippen LogP contribution in [0.2, 0.25) is 0 Å². The summed E-state index contributed by atoms with van der Waals surface area (Å²) < 4.78 is 0. The second-order valence-corrected chi connectivity index (χ2v) is 6.21. The zero-order chi connectivity index (χ0) is 17.6. The summed E-state index contributed by atoms with van der Waals surface area (Å²) in [4.78, 5) is 34.8. The summed E-state index contributed by atoms with van der Waals surface area (Å²) in [6, 6.07) is 6.07. The van der Waals surface area contributed by atoms with Crippen molar-refractivity contribution in [1.29, 1.82) is 0 Å². The number of anilines is 1. The van der Waals surface area contributed by atoms with Crippen molar-refractivity contribution in [3.05, 3.63) is 29.8 Å². The van der Waals surface area contributed by atoms with E-state index in [9.17, 15) is 14.4 Å². The predicted molar refractivity (Wildman–Crippen MR) is 87.5 cm³/mol. The van der Waals surface area contributed by atoms with Crippen molar-refractivity contribution in [1.82, 2.24) is 10.6 Å². The number of carbonyl (C=O) groups excluding carboxylic acids is 2. The zero-order valence-electron chi connectivity index (χ0n) is 13.8. The average molecular weight is 321 g/mol. The number of benzene rings is 1. The third-order valence-electron chi connectivity index (χ3n) is 3.07. The lowest BCUT2D eigenvalue weighted by Gasteiger charge is -2.19. The molecule has 0 aliphatic heterocycles. The molecule has 1 rings (SSSR count). The molecule has 0 aliphatic rings. The van der Waals surface area contributed by atoms with Crippen LogP contribution in [0.1, 0.15) is 38.1 Å². The monoisotopic (exact) mass is 321 g/mol. The molecule has 0 aliphatic carbocycles. The van der Waals surface area contributed by atoms with Crippen LogP contribution in [-0.4, -0.2) is 35.6 Å². The number of carboxylic acid groups (broad SMARTS) is 1. The lowest BCUT2D eigenvalue weighted by Crippen LogP contribution is -2.39. The van der Waals surface area contributed by atoms with E-state index < -0.39 is 17.3 Å². The highest BCUT2D eigenvalue weighted by atomic mass is 16.4. The van der Waals surface area contributed by atoms with Gasteiger partial charge < -0.3 is 21.1 Å². The van der Waals surface area contributed by atoms with E-state index in [1.165, 1.54) is 19.9 Å². The second-order valence-electron chi connectivity index (χ2n) is 6.21. The summed E-state index contributed by atoms with van der Waals surface area (Å²) in [6.07, 6.45) is 0. The van der Waals surface area contributed by atoms with Crippen LogP contribution < -0.4 is 16.0 Å². The van der Waals surface area contributed by atoms with Gasteiger partial charge in [0, 0.05) is 23.8 Å². The molecule has 0 saturated carbocycles. The number of carbonyl (C=O) groups is 3. The Labute approximate surface area is 135 Å². The molecule has 0 saturated heterocycles. The summed E-state index contributed by atoms with van der Waals surface area (Å²) >= 11 is 0. The number of carboxylic acids is 1. The minimum absolute atomic E-state index is 0.000249. The molecular weight excluding hydrogens is 298 g/mol. The van der Waals surface area contributed by atoms with E-state index in [0.29, 0.717) is 11.3 Å². The third kappa shape index (κ3) is 5.98. The van der Waals surface area contributed by atoms with Gasteiger partial charge in [-0.2, -0.15) is 0 Å². The van der Waals surface area contributed by atoms with Crippen LogP contribution in [0.3, 0.4) is 0 Å². The molecule has 0 spiro atoms. The first-order chi connectivity index (χ1) is 10.6. The molecule has 7 heteroatoms. The number of urea groups is 1. The molecule has 0 radical (unpaired) electrons. The molecule has 0 atom stereocenters. The molecule has 7 nitrogen and oxygen atoms in total. The zero-order valence-corrected chi connectivity index (χ0v) is 13.8. The van der Waals surface area contributed by atoms with Gasteiger partial charge in [-0.15, -0.1) is 0 Å². The first kappa shape index (κ1) is 18.5. The molecule has 0 aromatic heterocycles. The molecule has 0 heterocycles. The Kier molecular flexibility index (Phi) is 6.12. The van der Waals surface area contributed by atoms with Gasteiger partial charge in [0.1, 0.15) is 0 Å². The number of aliphatic carboxylic acids is 1. The normalized spacial score (nSPS) is 11.0. The van der Waals surface area contributed by atoms with Gasteiger partial charge in [0.15, 0.2) is 0 Å². The third-order valence-corrected chi connectivity index (χ3v) is 3.07. The van der Waals surface area contributed by atoms with Crippen molar-refractivity contribution < 1.29 is 19.5 Å². The van der Waals surface area contributed by atoms with E-state index in [4.69, 9.17) is 5.11 Å². The Bertz CT molecular complexity index is 597. The van der Waals surface area contributed by atoms with E-state index in [-0.39, 0.29) is 18.6 Å². The molecule has 0 fully saturated rings. The average Bonchev–Trinajstić information content (AvgIpc) is 2.44. The van der Waals surface area contributed by atoms with E-state index in [1.54, 1.807) is 18.2 Å². The minimum atomic E-state index is -1.05. The Hall–Kier alpha value is -2.57. The Morgan fingerprint density at radius 3 is 2.43 bits per heavy atom. The first-order valence-corrected chi connectivity index (χ1v) is 7.31. The Morgan fingerprint density at radius 2 is 1.87 bits per heavy atom. The van der Waals surface area contributed by atoms with Gasteiger partial charge in [0.2, 0.25) is 0 Å². The van der Waals surface area contributed by atoms with Crippen molar-refractivity contribution in [2.24, 2.45) is 5.41 Å². The fraction of sp³-hybridized carbons (Fsp3) is 0.438. The van der Waals surface area contributed by atoms with Crippen molar-refractivity contribution in [2.45, 2.75) is 33.7 Å². The van der Waals surface area contributed by atoms with Crippen LogP contribution in [0.4, 0.5) is 10.5 Å². The van der Waals surface area contributed by atoms with E-state index in [0.717, 1.165) is 0 Å². The quantitative estimate of drug-likeness (QED) is 0.643. The fourth-order valence-electron chi connectivity index (χ4n) is 1.65. The highest BCUT2D eigenvalue weighted by Crippen LogP contribution is 2.15. The number of hydrogen-bond donors (Lipinski definition) is 4. The largest absolute Gasteiger partial charge is 0.481 e. The molecule has 126 valence electrons. The second kappa shape index (κ2) is 7.62. The molecule has 1 aromatic rings. The molecule has 0 unspecified atom stereocenters. The molecule has 4 N–H and O–H groups in total. The SMILES string of the molecule is CC(C)NC(=O)Nc1cccc(C(=O)NCC(C)(C)C(=O)O)c1. The molecular formula is C16H23N3O4. The van der Waals surface area contributed by atoms with Gasteiger partial charge >= 0.3 is 12.0 Å². The number of nitrogens with one attached hydrogen (secondary N) is 3. The van der Waals surface area contributed by atoms with Crippen molar-refractivity contribution in [3.8, 4) is 0 Å². The molecule has 3 amide bonds. The molecule has 0 bridgehead atoms. The van der Waals surface area contributed by atoms with Crippen molar-refractivity contribution in [2.75, 3.05) is 11.9 Å². The molecule has 23 heavy (non-hydrogen) atoms. The van der Waals surface area contributed by atoms with Crippen LogP contribution in [0, 0.1) is 5.41 Å². The summed E-state index contributed by atoms with van der Waals surface area (Å²) in [5.41, 5.74) is -0.232. The van der Waals surface area contributed by atoms with E-state index in [2.05, 4.69) is 16.0 Å². The summed E-state index contributed by atoms with van der Waals surface area (Å²) in [6.45, 7) is 6.75. The number of rotatable bonds is 6. The van der Waals surface area contributed by atoms with Gasteiger partial charge in [-0.05, 0) is 45.9 Å². The molecule has 1 aromatic carbocycles. The van der Waals surface area contributed by atoms with Gasteiger partial charge in [-0.1, -0.05) is 6.07 Å². The maximum absolute atomic E-state index is 12.1. The lowest BCUT2D eigenvalue weighted by molar-refractivity contribution is -0.146. The van der Waals surface area contributed by atoms with Crippen molar-refractivity contribution in [3.63, 3.8) is 0 Å². The van der Waals surface area contributed by atoms with Gasteiger partial charge in [-0.3, -0.25) is 9.59 Å². The van der Waals surface area contributed by atoms with Crippen LogP contribution in [0.15, 0.2) is 24.3 Å². The Morgan fingerprint density at radius 1 is 1.22 bits per heavy atom.